The quantitative estimate of drug-likeness (QED) is 0.698. The summed E-state index contributed by atoms with van der Waals surface area (Å²) < 4.78 is 5.25. The van der Waals surface area contributed by atoms with E-state index in [4.69, 9.17) is 4.74 Å². The van der Waals surface area contributed by atoms with Crippen LogP contribution in [0.2, 0.25) is 0 Å². The molecule has 0 radical (unpaired) electrons. The van der Waals surface area contributed by atoms with Gasteiger partial charge in [0.2, 0.25) is 0 Å². The molecule has 0 aliphatic carbocycles. The summed E-state index contributed by atoms with van der Waals surface area (Å²) in [7, 11) is 1.71. The predicted molar refractivity (Wildman–Crippen MR) is 78.1 cm³/mol. The zero-order chi connectivity index (χ0) is 13.4. The SMILES string of the molecule is COc1cccc(C(C)NCCCCC(C)C)c1. The van der Waals surface area contributed by atoms with E-state index < -0.39 is 0 Å². The second-order valence-electron chi connectivity index (χ2n) is 5.34. The summed E-state index contributed by atoms with van der Waals surface area (Å²) in [6.45, 7) is 7.86. The maximum atomic E-state index is 5.25. The van der Waals surface area contributed by atoms with Crippen molar-refractivity contribution in [1.82, 2.24) is 5.32 Å². The van der Waals surface area contributed by atoms with Crippen LogP contribution >= 0.6 is 0 Å². The molecule has 1 aromatic carbocycles. The molecule has 0 aliphatic rings. The van der Waals surface area contributed by atoms with Crippen LogP contribution in [-0.4, -0.2) is 13.7 Å². The molecule has 2 heteroatoms. The summed E-state index contributed by atoms with van der Waals surface area (Å²) in [5.74, 6) is 1.75. The van der Waals surface area contributed by atoms with Crippen LogP contribution in [0.25, 0.3) is 0 Å². The molecule has 1 atom stereocenters. The summed E-state index contributed by atoms with van der Waals surface area (Å²) in [6.07, 6.45) is 3.90. The van der Waals surface area contributed by atoms with E-state index in [0.29, 0.717) is 6.04 Å². The van der Waals surface area contributed by atoms with E-state index in [1.165, 1.54) is 24.8 Å². The summed E-state index contributed by atoms with van der Waals surface area (Å²) >= 11 is 0. The molecule has 2 nitrogen and oxygen atoms in total. The molecule has 0 bridgehead atoms. The van der Waals surface area contributed by atoms with E-state index in [-0.39, 0.29) is 0 Å². The van der Waals surface area contributed by atoms with E-state index in [1.807, 2.05) is 12.1 Å². The molecule has 0 saturated heterocycles. The second-order valence-corrected chi connectivity index (χ2v) is 5.34. The minimum Gasteiger partial charge on any atom is -0.497 e. The van der Waals surface area contributed by atoms with Crippen molar-refractivity contribution in [2.75, 3.05) is 13.7 Å². The molecule has 0 aliphatic heterocycles. The van der Waals surface area contributed by atoms with E-state index in [1.54, 1.807) is 7.11 Å². The highest BCUT2D eigenvalue weighted by atomic mass is 16.5. The Kier molecular flexibility index (Phi) is 6.81. The van der Waals surface area contributed by atoms with Crippen molar-refractivity contribution in [2.24, 2.45) is 5.92 Å². The Labute approximate surface area is 112 Å². The predicted octanol–water partition coefficient (Wildman–Crippen LogP) is 4.17. The first kappa shape index (κ1) is 15.0. The third-order valence-electron chi connectivity index (χ3n) is 3.25. The van der Waals surface area contributed by atoms with Gasteiger partial charge in [0, 0.05) is 6.04 Å². The van der Waals surface area contributed by atoms with E-state index in [9.17, 15) is 0 Å². The summed E-state index contributed by atoms with van der Waals surface area (Å²) in [5.41, 5.74) is 1.29. The number of rotatable bonds is 8. The number of ether oxygens (including phenoxy) is 1. The Bertz CT molecular complexity index is 336. The highest BCUT2D eigenvalue weighted by molar-refractivity contribution is 5.30. The number of methoxy groups -OCH3 is 1. The Balaban J connectivity index is 2.29. The Hall–Kier alpha value is -1.02. The minimum atomic E-state index is 0.388. The third-order valence-corrected chi connectivity index (χ3v) is 3.25. The van der Waals surface area contributed by atoms with Crippen LogP contribution < -0.4 is 10.1 Å². The van der Waals surface area contributed by atoms with Crippen LogP contribution in [-0.2, 0) is 0 Å². The number of hydrogen-bond donors (Lipinski definition) is 1. The molecule has 1 aromatic rings. The second kappa shape index (κ2) is 8.15. The molecule has 0 amide bonds. The molecule has 1 N–H and O–H groups in total. The van der Waals surface area contributed by atoms with Crippen molar-refractivity contribution in [2.45, 2.75) is 46.1 Å². The molecule has 102 valence electrons. The van der Waals surface area contributed by atoms with Crippen molar-refractivity contribution >= 4 is 0 Å². The molecule has 0 heterocycles. The van der Waals surface area contributed by atoms with Gasteiger partial charge in [0.25, 0.3) is 0 Å². The zero-order valence-electron chi connectivity index (χ0n) is 12.2. The zero-order valence-corrected chi connectivity index (χ0v) is 12.2. The fourth-order valence-electron chi connectivity index (χ4n) is 2.02. The van der Waals surface area contributed by atoms with Gasteiger partial charge < -0.3 is 10.1 Å². The van der Waals surface area contributed by atoms with Gasteiger partial charge in [-0.25, -0.2) is 0 Å². The Morgan fingerprint density at radius 3 is 2.61 bits per heavy atom. The van der Waals surface area contributed by atoms with Crippen LogP contribution in [0, 0.1) is 5.92 Å². The largest absolute Gasteiger partial charge is 0.497 e. The van der Waals surface area contributed by atoms with Gasteiger partial charge in [-0.05, 0) is 43.5 Å². The lowest BCUT2D eigenvalue weighted by molar-refractivity contribution is 0.413. The van der Waals surface area contributed by atoms with Gasteiger partial charge in [-0.15, -0.1) is 0 Å². The fraction of sp³-hybridized carbons (Fsp3) is 0.625. The number of benzene rings is 1. The molecular weight excluding hydrogens is 222 g/mol. The lowest BCUT2D eigenvalue weighted by atomic mass is 10.1. The molecule has 0 saturated carbocycles. The summed E-state index contributed by atoms with van der Waals surface area (Å²) in [4.78, 5) is 0. The average Bonchev–Trinajstić information content (AvgIpc) is 2.37. The maximum Gasteiger partial charge on any atom is 0.119 e. The standard InChI is InChI=1S/C16H27NO/c1-13(2)8-5-6-11-17-14(3)15-9-7-10-16(12-15)18-4/h7,9-10,12-14,17H,5-6,8,11H2,1-4H3. The van der Waals surface area contributed by atoms with Gasteiger partial charge in [-0.1, -0.05) is 38.8 Å². The van der Waals surface area contributed by atoms with Crippen molar-refractivity contribution in [1.29, 1.82) is 0 Å². The van der Waals surface area contributed by atoms with Crippen LogP contribution in [0.4, 0.5) is 0 Å². The van der Waals surface area contributed by atoms with Crippen LogP contribution in [0.3, 0.4) is 0 Å². The van der Waals surface area contributed by atoms with Gasteiger partial charge >= 0.3 is 0 Å². The lowest BCUT2D eigenvalue weighted by Crippen LogP contribution is -2.19. The normalized spacial score (nSPS) is 12.7. The molecule has 0 fully saturated rings. The molecule has 0 spiro atoms. The van der Waals surface area contributed by atoms with Crippen LogP contribution in [0.1, 0.15) is 51.6 Å². The van der Waals surface area contributed by atoms with E-state index in [0.717, 1.165) is 18.2 Å². The topological polar surface area (TPSA) is 21.3 Å². The van der Waals surface area contributed by atoms with Gasteiger partial charge in [-0.2, -0.15) is 0 Å². The van der Waals surface area contributed by atoms with Crippen molar-refractivity contribution < 1.29 is 4.74 Å². The Morgan fingerprint density at radius 2 is 1.94 bits per heavy atom. The van der Waals surface area contributed by atoms with Gasteiger partial charge in [0.15, 0.2) is 0 Å². The molecular formula is C16H27NO. The van der Waals surface area contributed by atoms with Crippen molar-refractivity contribution in [3.8, 4) is 5.75 Å². The van der Waals surface area contributed by atoms with E-state index >= 15 is 0 Å². The highest BCUT2D eigenvalue weighted by Gasteiger charge is 2.05. The number of unbranched alkanes of at least 4 members (excludes halogenated alkanes) is 1. The van der Waals surface area contributed by atoms with E-state index in [2.05, 4.69) is 38.2 Å². The van der Waals surface area contributed by atoms with Gasteiger partial charge in [0.1, 0.15) is 5.75 Å². The smallest absolute Gasteiger partial charge is 0.119 e. The average molecular weight is 249 g/mol. The van der Waals surface area contributed by atoms with Crippen molar-refractivity contribution in [3.63, 3.8) is 0 Å². The molecule has 0 aromatic heterocycles. The van der Waals surface area contributed by atoms with Gasteiger partial charge in [0.05, 0.1) is 7.11 Å². The molecule has 18 heavy (non-hydrogen) atoms. The minimum absolute atomic E-state index is 0.388. The number of nitrogens with one attached hydrogen (secondary N) is 1. The highest BCUT2D eigenvalue weighted by Crippen LogP contribution is 2.18. The maximum absolute atomic E-state index is 5.25. The summed E-state index contributed by atoms with van der Waals surface area (Å²) in [6, 6.07) is 8.67. The first-order chi connectivity index (χ1) is 8.63. The van der Waals surface area contributed by atoms with Crippen LogP contribution in [0.5, 0.6) is 5.75 Å². The number of hydrogen-bond acceptors (Lipinski definition) is 2. The Morgan fingerprint density at radius 1 is 1.17 bits per heavy atom. The summed E-state index contributed by atoms with van der Waals surface area (Å²) in [5, 5.41) is 3.57. The third kappa shape index (κ3) is 5.54. The molecule has 1 unspecified atom stereocenters. The van der Waals surface area contributed by atoms with Crippen molar-refractivity contribution in [3.05, 3.63) is 29.8 Å². The molecule has 1 rings (SSSR count). The first-order valence-electron chi connectivity index (χ1n) is 7.00. The monoisotopic (exact) mass is 249 g/mol. The van der Waals surface area contributed by atoms with Crippen LogP contribution in [0.15, 0.2) is 24.3 Å². The first-order valence-corrected chi connectivity index (χ1v) is 7.00. The fourth-order valence-corrected chi connectivity index (χ4v) is 2.02. The van der Waals surface area contributed by atoms with Gasteiger partial charge in [-0.3, -0.25) is 0 Å². The lowest BCUT2D eigenvalue weighted by Gasteiger charge is -2.15.